The van der Waals surface area contributed by atoms with Gasteiger partial charge in [-0.1, -0.05) is 19.3 Å². The smallest absolute Gasteiger partial charge is 0.245 e. The summed E-state index contributed by atoms with van der Waals surface area (Å²) in [4.78, 5) is 17.7. The van der Waals surface area contributed by atoms with Crippen molar-refractivity contribution < 1.29 is 4.79 Å². The number of imidazole rings is 1. The Morgan fingerprint density at radius 3 is 2.85 bits per heavy atom. The van der Waals surface area contributed by atoms with Gasteiger partial charge in [-0.25, -0.2) is 4.98 Å². The lowest BCUT2D eigenvalue weighted by Crippen LogP contribution is -2.27. The van der Waals surface area contributed by atoms with Crippen LogP contribution in [0.2, 0.25) is 0 Å². The number of aromatic nitrogens is 2. The Kier molecular flexibility index (Phi) is 3.40. The third-order valence-corrected chi connectivity index (χ3v) is 6.89. The van der Waals surface area contributed by atoms with Crippen LogP contribution in [0.1, 0.15) is 57.2 Å². The standard InChI is InChI=1S/C21H24N4O/c22-14-21(13-20(21)9-3-4-10-20)19(26)23-15-7-8-17-16(12-15)24-18-6-2-1-5-11-25(17)18/h7-8,12H,1-6,9-11,13H2,(H,23,26)/t21-/m0/s1. The summed E-state index contributed by atoms with van der Waals surface area (Å²) in [6.45, 7) is 1.03. The van der Waals surface area contributed by atoms with E-state index in [9.17, 15) is 10.1 Å². The van der Waals surface area contributed by atoms with Crippen LogP contribution in [0, 0.1) is 22.2 Å². The molecule has 5 rings (SSSR count). The van der Waals surface area contributed by atoms with Gasteiger partial charge in [-0.3, -0.25) is 4.79 Å². The fraction of sp³-hybridized carbons (Fsp3) is 0.571. The summed E-state index contributed by atoms with van der Waals surface area (Å²) in [5.74, 6) is 1.03. The number of aryl methyl sites for hydroxylation is 2. The normalized spacial score (nSPS) is 26.3. The van der Waals surface area contributed by atoms with Gasteiger partial charge in [0.15, 0.2) is 0 Å². The van der Waals surface area contributed by atoms with Crippen molar-refractivity contribution in [2.75, 3.05) is 5.32 Å². The Labute approximate surface area is 153 Å². The first-order valence-corrected chi connectivity index (χ1v) is 9.89. The Balaban J connectivity index is 1.42. The maximum atomic E-state index is 12.9. The van der Waals surface area contributed by atoms with Crippen molar-refractivity contribution >= 4 is 22.6 Å². The van der Waals surface area contributed by atoms with Crippen molar-refractivity contribution in [2.45, 2.75) is 64.3 Å². The fourth-order valence-electron chi connectivity index (χ4n) is 5.31. The first-order valence-electron chi connectivity index (χ1n) is 9.89. The van der Waals surface area contributed by atoms with Gasteiger partial charge >= 0.3 is 0 Å². The van der Waals surface area contributed by atoms with Crippen molar-refractivity contribution in [3.63, 3.8) is 0 Å². The fourth-order valence-corrected chi connectivity index (χ4v) is 5.31. The van der Waals surface area contributed by atoms with Gasteiger partial charge in [0, 0.05) is 24.1 Å². The zero-order chi connectivity index (χ0) is 17.8. The molecule has 0 bridgehead atoms. The average Bonchev–Trinajstić information content (AvgIpc) is 2.95. The SMILES string of the molecule is N#C[C@]1(C(=O)Nc2ccc3c(c2)nc2n3CCCCC2)CC12CCCC2. The van der Waals surface area contributed by atoms with E-state index in [-0.39, 0.29) is 11.3 Å². The Hall–Kier alpha value is -2.35. The zero-order valence-corrected chi connectivity index (χ0v) is 15.1. The van der Waals surface area contributed by atoms with Crippen LogP contribution < -0.4 is 5.32 Å². The van der Waals surface area contributed by atoms with Crippen molar-refractivity contribution in [1.82, 2.24) is 9.55 Å². The Bertz CT molecular complexity index is 931. The van der Waals surface area contributed by atoms with E-state index in [0.717, 1.165) is 67.6 Å². The molecule has 1 aromatic carbocycles. The van der Waals surface area contributed by atoms with E-state index in [4.69, 9.17) is 4.98 Å². The highest BCUT2D eigenvalue weighted by molar-refractivity contribution is 6.01. The van der Waals surface area contributed by atoms with Crippen LogP contribution >= 0.6 is 0 Å². The molecule has 3 aliphatic rings. The van der Waals surface area contributed by atoms with E-state index in [2.05, 4.69) is 22.0 Å². The van der Waals surface area contributed by atoms with Gasteiger partial charge < -0.3 is 9.88 Å². The van der Waals surface area contributed by atoms with E-state index >= 15 is 0 Å². The number of nitrogens with one attached hydrogen (secondary N) is 1. The molecule has 0 saturated heterocycles. The summed E-state index contributed by atoms with van der Waals surface area (Å²) in [6.07, 6.45) is 9.72. The van der Waals surface area contributed by atoms with Crippen LogP contribution in [0.4, 0.5) is 5.69 Å². The predicted octanol–water partition coefficient (Wildman–Crippen LogP) is 4.18. The molecule has 0 radical (unpaired) electrons. The van der Waals surface area contributed by atoms with Gasteiger partial charge in [-0.15, -0.1) is 0 Å². The summed E-state index contributed by atoms with van der Waals surface area (Å²) in [5, 5.41) is 12.7. The number of carbonyl (C=O) groups excluding carboxylic acids is 1. The first kappa shape index (κ1) is 15.9. The second-order valence-electron chi connectivity index (χ2n) is 8.33. The van der Waals surface area contributed by atoms with Crippen molar-refractivity contribution in [3.8, 4) is 6.07 Å². The van der Waals surface area contributed by atoms with Gasteiger partial charge in [0.1, 0.15) is 11.2 Å². The van der Waals surface area contributed by atoms with Crippen LogP contribution in [0.5, 0.6) is 0 Å². The molecule has 1 spiro atoms. The summed E-state index contributed by atoms with van der Waals surface area (Å²) >= 11 is 0. The topological polar surface area (TPSA) is 70.7 Å². The summed E-state index contributed by atoms with van der Waals surface area (Å²) in [7, 11) is 0. The molecule has 1 N–H and O–H groups in total. The van der Waals surface area contributed by atoms with E-state index in [1.54, 1.807) is 0 Å². The number of amides is 1. The molecule has 134 valence electrons. The molecule has 2 aromatic rings. The molecule has 1 aliphatic heterocycles. The highest BCUT2D eigenvalue weighted by Gasteiger charge is 2.72. The van der Waals surface area contributed by atoms with Gasteiger partial charge in [0.25, 0.3) is 0 Å². The Morgan fingerprint density at radius 2 is 2.04 bits per heavy atom. The van der Waals surface area contributed by atoms with Gasteiger partial charge in [-0.05, 0) is 50.3 Å². The minimum absolute atomic E-state index is 0.0539. The third kappa shape index (κ3) is 2.14. The molecule has 26 heavy (non-hydrogen) atoms. The minimum Gasteiger partial charge on any atom is -0.328 e. The Morgan fingerprint density at radius 1 is 1.19 bits per heavy atom. The number of nitriles is 1. The third-order valence-electron chi connectivity index (χ3n) is 6.89. The molecule has 2 saturated carbocycles. The molecule has 2 fully saturated rings. The molecule has 1 aromatic heterocycles. The number of fused-ring (bicyclic) bond motifs is 3. The van der Waals surface area contributed by atoms with Crippen LogP contribution in [-0.4, -0.2) is 15.5 Å². The van der Waals surface area contributed by atoms with Gasteiger partial charge in [0.05, 0.1) is 17.1 Å². The van der Waals surface area contributed by atoms with E-state index in [0.29, 0.717) is 0 Å². The lowest BCUT2D eigenvalue weighted by molar-refractivity contribution is -0.120. The van der Waals surface area contributed by atoms with Crippen molar-refractivity contribution in [2.24, 2.45) is 10.8 Å². The molecule has 2 heterocycles. The molecule has 0 unspecified atom stereocenters. The molecular weight excluding hydrogens is 324 g/mol. The van der Waals surface area contributed by atoms with Crippen molar-refractivity contribution in [3.05, 3.63) is 24.0 Å². The number of hydrogen-bond donors (Lipinski definition) is 1. The number of anilines is 1. The molecule has 2 aliphatic carbocycles. The van der Waals surface area contributed by atoms with Crippen LogP contribution in [-0.2, 0) is 17.8 Å². The molecule has 1 amide bonds. The quantitative estimate of drug-likeness (QED) is 0.885. The molecule has 1 atom stereocenters. The van der Waals surface area contributed by atoms with Crippen LogP contribution in [0.25, 0.3) is 11.0 Å². The van der Waals surface area contributed by atoms with Gasteiger partial charge in [-0.2, -0.15) is 5.26 Å². The van der Waals surface area contributed by atoms with E-state index in [1.807, 2.05) is 12.1 Å². The molecule has 5 heteroatoms. The highest BCUT2D eigenvalue weighted by atomic mass is 16.2. The maximum absolute atomic E-state index is 12.9. The molecular formula is C21H24N4O. The lowest BCUT2D eigenvalue weighted by Gasteiger charge is -2.15. The minimum atomic E-state index is -0.816. The van der Waals surface area contributed by atoms with Crippen LogP contribution in [0.15, 0.2) is 18.2 Å². The van der Waals surface area contributed by atoms with E-state index < -0.39 is 5.41 Å². The summed E-state index contributed by atoms with van der Waals surface area (Å²) in [6, 6.07) is 8.33. The number of carbonyl (C=O) groups is 1. The lowest BCUT2D eigenvalue weighted by atomic mass is 9.91. The monoisotopic (exact) mass is 348 g/mol. The van der Waals surface area contributed by atoms with E-state index in [1.165, 1.54) is 19.3 Å². The molecule has 5 nitrogen and oxygen atoms in total. The summed E-state index contributed by atoms with van der Waals surface area (Å²) in [5.41, 5.74) is 1.97. The largest absolute Gasteiger partial charge is 0.328 e. The number of benzene rings is 1. The highest BCUT2D eigenvalue weighted by Crippen LogP contribution is 2.71. The summed E-state index contributed by atoms with van der Waals surface area (Å²) < 4.78 is 2.32. The second kappa shape index (κ2) is 5.57. The van der Waals surface area contributed by atoms with Crippen LogP contribution in [0.3, 0.4) is 0 Å². The first-order chi connectivity index (χ1) is 12.7. The van der Waals surface area contributed by atoms with Crippen molar-refractivity contribution in [1.29, 1.82) is 5.26 Å². The number of nitrogens with zero attached hydrogens (tertiary/aromatic N) is 3. The number of hydrogen-bond acceptors (Lipinski definition) is 3. The maximum Gasteiger partial charge on any atom is 0.245 e. The average molecular weight is 348 g/mol. The number of rotatable bonds is 2. The zero-order valence-electron chi connectivity index (χ0n) is 15.1. The predicted molar refractivity (Wildman–Crippen MR) is 99.5 cm³/mol. The second-order valence-corrected chi connectivity index (χ2v) is 8.33. The van der Waals surface area contributed by atoms with Gasteiger partial charge in [0.2, 0.25) is 5.91 Å².